The van der Waals surface area contributed by atoms with Gasteiger partial charge in [0.25, 0.3) is 0 Å². The summed E-state index contributed by atoms with van der Waals surface area (Å²) in [6, 6.07) is 0. The first-order chi connectivity index (χ1) is 18.7. The van der Waals surface area contributed by atoms with Crippen LogP contribution in [0.15, 0.2) is 0 Å². The summed E-state index contributed by atoms with van der Waals surface area (Å²) in [4.78, 5) is 32.9. The van der Waals surface area contributed by atoms with E-state index in [1.807, 2.05) is 0 Å². The Balaban J connectivity index is 3.27. The average Bonchev–Trinajstić information content (AvgIpc) is 2.92. The van der Waals surface area contributed by atoms with Gasteiger partial charge in [0.15, 0.2) is 0 Å². The first kappa shape index (κ1) is 36.9. The Labute approximate surface area is 237 Å². The predicted octanol–water partition coefficient (Wildman–Crippen LogP) is 11.7. The van der Waals surface area contributed by atoms with Crippen LogP contribution in [0.2, 0.25) is 0 Å². The molecule has 0 saturated carbocycles. The van der Waals surface area contributed by atoms with Gasteiger partial charge in [-0.2, -0.15) is 0 Å². The number of unbranched alkanes of at least 4 members (excludes halogenated alkanes) is 26. The molecular formula is C34H66O4. The fourth-order valence-corrected chi connectivity index (χ4v) is 5.10. The summed E-state index contributed by atoms with van der Waals surface area (Å²) in [6.45, 7) is 4.54. The molecule has 0 saturated heterocycles. The minimum atomic E-state index is -0.419. The fourth-order valence-electron chi connectivity index (χ4n) is 5.10. The standard InChI is InChI=1S/C34H66O4/c1-3-5-7-9-11-13-15-17-18-20-22-24-26-28-30-32-34(36)38-37-33(35)31-29-27-25-23-21-19-16-14-12-10-8-6-4-2/h3-32H2,1-2H3. The van der Waals surface area contributed by atoms with Crippen LogP contribution >= 0.6 is 0 Å². The van der Waals surface area contributed by atoms with Crippen LogP contribution in [0, 0.1) is 0 Å². The maximum absolute atomic E-state index is 11.8. The van der Waals surface area contributed by atoms with E-state index < -0.39 is 11.9 Å². The summed E-state index contributed by atoms with van der Waals surface area (Å²) in [5.41, 5.74) is 0. The third-order valence-electron chi connectivity index (χ3n) is 7.70. The van der Waals surface area contributed by atoms with Gasteiger partial charge in [0.2, 0.25) is 0 Å². The molecule has 0 amide bonds. The zero-order valence-electron chi connectivity index (χ0n) is 25.8. The maximum atomic E-state index is 11.8. The van der Waals surface area contributed by atoms with Gasteiger partial charge in [0.1, 0.15) is 0 Å². The highest BCUT2D eigenvalue weighted by molar-refractivity contribution is 5.72. The van der Waals surface area contributed by atoms with Crippen LogP contribution in [0.4, 0.5) is 0 Å². The summed E-state index contributed by atoms with van der Waals surface area (Å²) < 4.78 is 0. The first-order valence-electron chi connectivity index (χ1n) is 17.1. The molecule has 0 spiro atoms. The number of hydrogen-bond acceptors (Lipinski definition) is 4. The van der Waals surface area contributed by atoms with Gasteiger partial charge in [-0.3, -0.25) is 0 Å². The van der Waals surface area contributed by atoms with Gasteiger partial charge in [-0.15, -0.1) is 0 Å². The third-order valence-corrected chi connectivity index (χ3v) is 7.70. The molecule has 0 aromatic rings. The lowest BCUT2D eigenvalue weighted by Gasteiger charge is -2.05. The molecule has 38 heavy (non-hydrogen) atoms. The van der Waals surface area contributed by atoms with Gasteiger partial charge >= 0.3 is 11.9 Å². The molecular weight excluding hydrogens is 472 g/mol. The van der Waals surface area contributed by atoms with Gasteiger partial charge in [-0.05, 0) is 12.8 Å². The van der Waals surface area contributed by atoms with Crippen molar-refractivity contribution in [1.29, 1.82) is 0 Å². The van der Waals surface area contributed by atoms with Crippen molar-refractivity contribution >= 4 is 11.9 Å². The normalized spacial score (nSPS) is 11.1. The molecule has 0 rings (SSSR count). The highest BCUT2D eigenvalue weighted by Crippen LogP contribution is 2.15. The lowest BCUT2D eigenvalue weighted by Crippen LogP contribution is -2.11. The molecule has 0 fully saturated rings. The molecule has 0 aliphatic heterocycles. The van der Waals surface area contributed by atoms with E-state index in [9.17, 15) is 9.59 Å². The molecule has 0 atom stereocenters. The zero-order valence-corrected chi connectivity index (χ0v) is 25.8. The van der Waals surface area contributed by atoms with Crippen molar-refractivity contribution in [3.05, 3.63) is 0 Å². The second kappa shape index (κ2) is 32.2. The molecule has 226 valence electrons. The van der Waals surface area contributed by atoms with Crippen LogP contribution < -0.4 is 0 Å². The van der Waals surface area contributed by atoms with Crippen molar-refractivity contribution in [2.75, 3.05) is 0 Å². The van der Waals surface area contributed by atoms with Gasteiger partial charge < -0.3 is 0 Å². The molecule has 0 aliphatic carbocycles. The van der Waals surface area contributed by atoms with Crippen molar-refractivity contribution in [3.63, 3.8) is 0 Å². The minimum absolute atomic E-state index is 0.337. The summed E-state index contributed by atoms with van der Waals surface area (Å²) in [5.74, 6) is -0.837. The Morgan fingerprint density at radius 3 is 0.711 bits per heavy atom. The first-order valence-corrected chi connectivity index (χ1v) is 17.1. The number of rotatable bonds is 30. The smallest absolute Gasteiger partial charge is 0.247 e. The van der Waals surface area contributed by atoms with Gasteiger partial charge in [-0.1, -0.05) is 181 Å². The Bertz CT molecular complexity index is 491. The maximum Gasteiger partial charge on any atom is 0.355 e. The van der Waals surface area contributed by atoms with E-state index in [4.69, 9.17) is 9.78 Å². The van der Waals surface area contributed by atoms with E-state index in [-0.39, 0.29) is 0 Å². The second-order valence-corrected chi connectivity index (χ2v) is 11.6. The minimum Gasteiger partial charge on any atom is -0.247 e. The van der Waals surface area contributed by atoms with Crippen molar-refractivity contribution in [2.45, 2.75) is 206 Å². The van der Waals surface area contributed by atoms with E-state index in [2.05, 4.69) is 13.8 Å². The van der Waals surface area contributed by atoms with Crippen LogP contribution in [0.25, 0.3) is 0 Å². The van der Waals surface area contributed by atoms with Gasteiger partial charge in [0.05, 0.1) is 12.8 Å². The molecule has 4 nitrogen and oxygen atoms in total. The van der Waals surface area contributed by atoms with E-state index in [1.165, 1.54) is 154 Å². The lowest BCUT2D eigenvalue weighted by molar-refractivity contribution is -0.259. The van der Waals surface area contributed by atoms with Crippen molar-refractivity contribution in [3.8, 4) is 0 Å². The Morgan fingerprint density at radius 2 is 0.500 bits per heavy atom. The predicted molar refractivity (Wildman–Crippen MR) is 162 cm³/mol. The van der Waals surface area contributed by atoms with Crippen molar-refractivity contribution < 1.29 is 19.4 Å². The highest BCUT2D eigenvalue weighted by Gasteiger charge is 2.09. The summed E-state index contributed by atoms with van der Waals surface area (Å²) in [5, 5.41) is 0. The highest BCUT2D eigenvalue weighted by atomic mass is 17.2. The quantitative estimate of drug-likeness (QED) is 0.0518. The molecule has 4 heteroatoms. The van der Waals surface area contributed by atoms with Crippen LogP contribution in [-0.4, -0.2) is 11.9 Å². The average molecular weight is 539 g/mol. The van der Waals surface area contributed by atoms with E-state index in [0.29, 0.717) is 12.8 Å². The molecule has 0 radical (unpaired) electrons. The van der Waals surface area contributed by atoms with Gasteiger partial charge in [-0.25, -0.2) is 19.4 Å². The van der Waals surface area contributed by atoms with E-state index in [1.54, 1.807) is 0 Å². The molecule has 0 aliphatic rings. The molecule has 0 unspecified atom stereocenters. The molecule has 0 aromatic heterocycles. The Morgan fingerprint density at radius 1 is 0.316 bits per heavy atom. The van der Waals surface area contributed by atoms with Crippen molar-refractivity contribution in [1.82, 2.24) is 0 Å². The number of hydrogen-bond donors (Lipinski definition) is 0. The number of carbonyl (C=O) groups is 2. The monoisotopic (exact) mass is 538 g/mol. The third kappa shape index (κ3) is 31.2. The SMILES string of the molecule is CCCCCCCCCCCCCCCCCC(=O)OOC(=O)CCCCCCCCCCCCCCC. The van der Waals surface area contributed by atoms with Crippen LogP contribution in [0.1, 0.15) is 206 Å². The number of carbonyl (C=O) groups excluding carboxylic acids is 2. The lowest BCUT2D eigenvalue weighted by atomic mass is 10.0. The van der Waals surface area contributed by atoms with E-state index >= 15 is 0 Å². The topological polar surface area (TPSA) is 52.6 Å². The zero-order chi connectivity index (χ0) is 27.8. The summed E-state index contributed by atoms with van der Waals surface area (Å²) in [6.07, 6.45) is 36.7. The summed E-state index contributed by atoms with van der Waals surface area (Å²) >= 11 is 0. The van der Waals surface area contributed by atoms with Crippen molar-refractivity contribution in [2.24, 2.45) is 0 Å². The summed E-state index contributed by atoms with van der Waals surface area (Å²) in [7, 11) is 0. The largest absolute Gasteiger partial charge is 0.355 e. The molecule has 0 aromatic carbocycles. The second-order valence-electron chi connectivity index (χ2n) is 11.6. The van der Waals surface area contributed by atoms with Gasteiger partial charge in [0, 0.05) is 0 Å². The van der Waals surface area contributed by atoms with Crippen LogP contribution in [0.5, 0.6) is 0 Å². The van der Waals surface area contributed by atoms with E-state index in [0.717, 1.165) is 25.7 Å². The van der Waals surface area contributed by atoms with Crippen LogP contribution in [-0.2, 0) is 19.4 Å². The molecule has 0 bridgehead atoms. The molecule has 0 heterocycles. The molecule has 0 N–H and O–H groups in total. The Kier molecular flexibility index (Phi) is 31.3. The Hall–Kier alpha value is -1.06. The van der Waals surface area contributed by atoms with Crippen LogP contribution in [0.3, 0.4) is 0 Å². The fraction of sp³-hybridized carbons (Fsp3) is 0.941.